The number of benzene rings is 2. The van der Waals surface area contributed by atoms with Gasteiger partial charge < -0.3 is 17.1 Å². The van der Waals surface area contributed by atoms with Gasteiger partial charge in [-0.2, -0.15) is 0 Å². The fraction of sp³-hybridized carbons (Fsp3) is 0.286. The summed E-state index contributed by atoms with van der Waals surface area (Å²) in [5.41, 5.74) is 0. The molecule has 1 heterocycles. The van der Waals surface area contributed by atoms with E-state index in [0.29, 0.717) is 10.9 Å². The van der Waals surface area contributed by atoms with Crippen molar-refractivity contribution >= 4 is 34.6 Å². The maximum Gasteiger partial charge on any atom is 1.00 e. The minimum Gasteiger partial charge on any atom is -0.640 e. The molecule has 4 heteroatoms. The number of hydrogen-bond donors (Lipinski definition) is 0. The maximum atomic E-state index is 5.03. The molecule has 0 unspecified atom stereocenters. The van der Waals surface area contributed by atoms with E-state index in [4.69, 9.17) is 17.1 Å². The molecule has 0 aromatic heterocycles. The topological polar surface area (TPSA) is 9.23 Å². The summed E-state index contributed by atoms with van der Waals surface area (Å²) in [5.74, 6) is 3.50. The van der Waals surface area contributed by atoms with Crippen LogP contribution in [0.2, 0.25) is 0 Å². The van der Waals surface area contributed by atoms with Crippen molar-refractivity contribution < 1.29 is 73.1 Å². The van der Waals surface area contributed by atoms with E-state index in [2.05, 4.69) is 24.3 Å². The molecule has 2 aromatic rings. The van der Waals surface area contributed by atoms with Crippen molar-refractivity contribution in [2.75, 3.05) is 11.5 Å². The van der Waals surface area contributed by atoms with Crippen LogP contribution in [0.3, 0.4) is 0 Å². The summed E-state index contributed by atoms with van der Waals surface area (Å²) < 4.78 is 5.03. The van der Waals surface area contributed by atoms with Crippen molar-refractivity contribution in [1.82, 2.24) is 0 Å². The third kappa shape index (κ3) is 3.11. The third-order valence-corrected chi connectivity index (χ3v) is 6.00. The summed E-state index contributed by atoms with van der Waals surface area (Å²) in [6.07, 6.45) is 2.74. The van der Waals surface area contributed by atoms with Crippen LogP contribution in [0.5, 0.6) is 5.75 Å². The Kier molecular flexibility index (Phi) is 6.35. The molecular formula is C14H14CsOS2+. The van der Waals surface area contributed by atoms with Crippen LogP contribution in [0.25, 0.3) is 10.8 Å². The summed E-state index contributed by atoms with van der Waals surface area (Å²) in [6, 6.07) is 12.7. The largest absolute Gasteiger partial charge is 1.00 e. The van der Waals surface area contributed by atoms with E-state index in [1.54, 1.807) is 0 Å². The monoisotopic (exact) mass is 395 g/mol. The van der Waals surface area contributed by atoms with E-state index in [-0.39, 0.29) is 68.9 Å². The van der Waals surface area contributed by atoms with Crippen LogP contribution in [-0.4, -0.2) is 11.5 Å². The number of hydrogen-bond acceptors (Lipinski definition) is 2. The molecule has 88 valence electrons. The van der Waals surface area contributed by atoms with Gasteiger partial charge in [0.1, 0.15) is 17.3 Å². The first-order valence-corrected chi connectivity index (χ1v) is 7.79. The van der Waals surface area contributed by atoms with Gasteiger partial charge in [0.2, 0.25) is 0 Å². The Hall–Kier alpha value is 1.25. The first kappa shape index (κ1) is 15.6. The second-order valence-electron chi connectivity index (χ2n) is 4.30. The van der Waals surface area contributed by atoms with Gasteiger partial charge in [0.05, 0.1) is 0 Å². The molecule has 18 heavy (non-hydrogen) atoms. The van der Waals surface area contributed by atoms with Crippen LogP contribution in [-0.2, 0) is 23.8 Å². The molecule has 3 rings (SSSR count). The fourth-order valence-corrected chi connectivity index (χ4v) is 5.09. The van der Waals surface area contributed by atoms with E-state index < -0.39 is 0 Å². The molecule has 0 spiro atoms. The Morgan fingerprint density at radius 1 is 0.944 bits per heavy atom. The van der Waals surface area contributed by atoms with Gasteiger partial charge in [-0.25, -0.2) is 0 Å². The van der Waals surface area contributed by atoms with Gasteiger partial charge in [0, 0.05) is 21.7 Å². The van der Waals surface area contributed by atoms with E-state index in [1.165, 1.54) is 34.6 Å². The zero-order chi connectivity index (χ0) is 11.7. The summed E-state index contributed by atoms with van der Waals surface area (Å²) in [7, 11) is 0.435. The van der Waals surface area contributed by atoms with Gasteiger partial charge in [0.15, 0.2) is 4.90 Å². The summed E-state index contributed by atoms with van der Waals surface area (Å²) in [5, 5.41) is 2.47. The first-order chi connectivity index (χ1) is 8.40. The average Bonchev–Trinajstić information content (AvgIpc) is 2.91. The molecule has 1 aliphatic rings. The van der Waals surface area contributed by atoms with Crippen molar-refractivity contribution in [2.24, 2.45) is 0 Å². The molecule has 0 aliphatic carbocycles. The van der Waals surface area contributed by atoms with E-state index in [9.17, 15) is 0 Å². The summed E-state index contributed by atoms with van der Waals surface area (Å²) >= 11 is 4.73. The van der Waals surface area contributed by atoms with Crippen molar-refractivity contribution in [3.63, 3.8) is 0 Å². The summed E-state index contributed by atoms with van der Waals surface area (Å²) in [4.78, 5) is 1.49. The molecule has 0 saturated carbocycles. The quantitative estimate of drug-likeness (QED) is 0.540. The molecule has 0 bridgehead atoms. The molecule has 0 amide bonds. The van der Waals surface area contributed by atoms with Crippen molar-refractivity contribution in [1.29, 1.82) is 0 Å². The van der Waals surface area contributed by atoms with Crippen molar-refractivity contribution in [2.45, 2.75) is 17.7 Å². The Morgan fingerprint density at radius 3 is 2.28 bits per heavy atom. The molecule has 0 radical (unpaired) electrons. The van der Waals surface area contributed by atoms with Crippen LogP contribution in [0.15, 0.2) is 41.3 Å². The van der Waals surface area contributed by atoms with Crippen molar-refractivity contribution in [3.05, 3.63) is 36.4 Å². The molecule has 1 saturated heterocycles. The van der Waals surface area contributed by atoms with Gasteiger partial charge in [0.25, 0.3) is 0 Å². The number of rotatable bonds is 2. The SMILES string of the molecule is [Cs+].[S-]Oc1ccc([S+]2CCCC2)c2ccccc12. The third-order valence-electron chi connectivity index (χ3n) is 3.28. The van der Waals surface area contributed by atoms with Crippen LogP contribution < -0.4 is 73.1 Å². The Balaban J connectivity index is 0.00000120. The minimum absolute atomic E-state index is 0. The molecule has 1 fully saturated rings. The van der Waals surface area contributed by atoms with Crippen LogP contribution in [0.1, 0.15) is 12.8 Å². The number of fused-ring (bicyclic) bond motifs is 1. The summed E-state index contributed by atoms with van der Waals surface area (Å²) in [6.45, 7) is 0. The first-order valence-electron chi connectivity index (χ1n) is 5.89. The fourth-order valence-electron chi connectivity index (χ4n) is 2.44. The normalized spacial score (nSPS) is 15.6. The van der Waals surface area contributed by atoms with Crippen molar-refractivity contribution in [3.8, 4) is 5.75 Å². The average molecular weight is 395 g/mol. The van der Waals surface area contributed by atoms with E-state index in [1.807, 2.05) is 12.1 Å². The zero-order valence-corrected chi connectivity index (χ0v) is 18.4. The van der Waals surface area contributed by atoms with Gasteiger partial charge >= 0.3 is 68.9 Å². The van der Waals surface area contributed by atoms with Crippen LogP contribution >= 0.6 is 0 Å². The molecule has 1 nitrogen and oxygen atoms in total. The minimum atomic E-state index is 0. The Bertz CT molecular complexity index is 538. The zero-order valence-electron chi connectivity index (χ0n) is 10.5. The predicted octanol–water partition coefficient (Wildman–Crippen LogP) is 0.455. The predicted molar refractivity (Wildman–Crippen MR) is 76.5 cm³/mol. The second kappa shape index (κ2) is 7.31. The van der Waals surface area contributed by atoms with E-state index >= 15 is 0 Å². The second-order valence-corrected chi connectivity index (χ2v) is 6.71. The standard InChI is InChI=1S/C14H14OS2.Cs/c16-15-13-7-8-14(17-9-3-4-10-17)12-6-2-1-5-11(12)13;/h1-2,5-8H,3-4,9-10H2;/q;+1. The van der Waals surface area contributed by atoms with E-state index in [0.717, 1.165) is 11.1 Å². The van der Waals surface area contributed by atoms with Gasteiger partial charge in [-0.3, -0.25) is 0 Å². The van der Waals surface area contributed by atoms with Crippen LogP contribution in [0.4, 0.5) is 0 Å². The molecular weight excluding hydrogens is 381 g/mol. The molecule has 0 atom stereocenters. The maximum absolute atomic E-state index is 5.03. The Labute approximate surface area is 175 Å². The molecule has 0 N–H and O–H groups in total. The molecule has 1 aliphatic heterocycles. The smallest absolute Gasteiger partial charge is 0.640 e. The van der Waals surface area contributed by atoms with Crippen LogP contribution in [0, 0.1) is 0 Å². The molecule has 2 aromatic carbocycles. The van der Waals surface area contributed by atoms with Gasteiger partial charge in [-0.15, -0.1) is 0 Å². The van der Waals surface area contributed by atoms with Gasteiger partial charge in [-0.05, 0) is 31.0 Å². The van der Waals surface area contributed by atoms with Gasteiger partial charge in [-0.1, -0.05) is 18.2 Å². The Morgan fingerprint density at radius 2 is 1.61 bits per heavy atom.